The molecular weight excluding hydrogens is 212 g/mol. The molecule has 0 saturated carbocycles. The van der Waals surface area contributed by atoms with Crippen LogP contribution >= 0.6 is 0 Å². The Morgan fingerprint density at radius 2 is 1.93 bits per heavy atom. The van der Waals surface area contributed by atoms with Gasteiger partial charge in [0.2, 0.25) is 0 Å². The SMILES string of the molecule is CCC(CC)C(O)CC1CCS(=O)(=O)C1. The van der Waals surface area contributed by atoms with E-state index in [1.54, 1.807) is 0 Å². The van der Waals surface area contributed by atoms with Crippen molar-refractivity contribution in [3.8, 4) is 0 Å². The number of aliphatic hydroxyl groups is 1. The van der Waals surface area contributed by atoms with Crippen molar-refractivity contribution in [2.45, 2.75) is 45.6 Å². The summed E-state index contributed by atoms with van der Waals surface area (Å²) in [5.41, 5.74) is 0. The van der Waals surface area contributed by atoms with E-state index in [9.17, 15) is 13.5 Å². The van der Waals surface area contributed by atoms with Crippen molar-refractivity contribution in [1.82, 2.24) is 0 Å². The van der Waals surface area contributed by atoms with Gasteiger partial charge in [0.15, 0.2) is 9.84 Å². The average Bonchev–Trinajstić information content (AvgIpc) is 2.47. The van der Waals surface area contributed by atoms with Crippen molar-refractivity contribution >= 4 is 9.84 Å². The molecule has 2 unspecified atom stereocenters. The van der Waals surface area contributed by atoms with Gasteiger partial charge in [0.1, 0.15) is 0 Å². The van der Waals surface area contributed by atoms with Gasteiger partial charge in [0.05, 0.1) is 17.6 Å². The lowest BCUT2D eigenvalue weighted by Gasteiger charge is -2.22. The molecule has 1 aliphatic rings. The highest BCUT2D eigenvalue weighted by Gasteiger charge is 2.30. The largest absolute Gasteiger partial charge is 0.393 e. The maximum absolute atomic E-state index is 11.2. The highest BCUT2D eigenvalue weighted by molar-refractivity contribution is 7.91. The third kappa shape index (κ3) is 3.76. The van der Waals surface area contributed by atoms with Crippen LogP contribution in [0.4, 0.5) is 0 Å². The van der Waals surface area contributed by atoms with Gasteiger partial charge in [-0.2, -0.15) is 0 Å². The fourth-order valence-corrected chi connectivity index (χ4v) is 4.30. The van der Waals surface area contributed by atoms with Crippen molar-refractivity contribution in [2.24, 2.45) is 11.8 Å². The third-order valence-corrected chi connectivity index (χ3v) is 5.33. The van der Waals surface area contributed by atoms with Crippen LogP contribution in [0.3, 0.4) is 0 Å². The average molecular weight is 234 g/mol. The summed E-state index contributed by atoms with van der Waals surface area (Å²) in [7, 11) is -2.79. The monoisotopic (exact) mass is 234 g/mol. The van der Waals surface area contributed by atoms with Crippen LogP contribution in [0.5, 0.6) is 0 Å². The minimum Gasteiger partial charge on any atom is -0.393 e. The first kappa shape index (κ1) is 13.0. The Labute approximate surface area is 92.8 Å². The highest BCUT2D eigenvalue weighted by atomic mass is 32.2. The van der Waals surface area contributed by atoms with E-state index in [0.717, 1.165) is 19.3 Å². The third-order valence-electron chi connectivity index (χ3n) is 3.49. The van der Waals surface area contributed by atoms with Crippen LogP contribution in [0.15, 0.2) is 0 Å². The molecule has 1 rings (SSSR count). The van der Waals surface area contributed by atoms with Crippen molar-refractivity contribution in [3.63, 3.8) is 0 Å². The summed E-state index contributed by atoms with van der Waals surface area (Å²) < 4.78 is 22.5. The van der Waals surface area contributed by atoms with E-state index >= 15 is 0 Å². The summed E-state index contributed by atoms with van der Waals surface area (Å²) in [6.45, 7) is 4.14. The van der Waals surface area contributed by atoms with Gasteiger partial charge >= 0.3 is 0 Å². The van der Waals surface area contributed by atoms with Crippen LogP contribution < -0.4 is 0 Å². The number of hydrogen-bond donors (Lipinski definition) is 1. The predicted molar refractivity (Wildman–Crippen MR) is 61.5 cm³/mol. The molecular formula is C11H22O3S. The molecule has 0 spiro atoms. The zero-order chi connectivity index (χ0) is 11.5. The van der Waals surface area contributed by atoms with E-state index in [0.29, 0.717) is 18.1 Å². The number of hydrogen-bond acceptors (Lipinski definition) is 3. The van der Waals surface area contributed by atoms with E-state index in [4.69, 9.17) is 0 Å². The minimum absolute atomic E-state index is 0.186. The first-order valence-electron chi connectivity index (χ1n) is 5.87. The molecule has 0 amide bonds. The molecule has 0 bridgehead atoms. The molecule has 0 radical (unpaired) electrons. The van der Waals surface area contributed by atoms with Crippen molar-refractivity contribution in [2.75, 3.05) is 11.5 Å². The van der Waals surface area contributed by atoms with E-state index in [-0.39, 0.29) is 17.8 Å². The maximum Gasteiger partial charge on any atom is 0.150 e. The summed E-state index contributed by atoms with van der Waals surface area (Å²) in [6.07, 6.45) is 3.01. The minimum atomic E-state index is -2.79. The van der Waals surface area contributed by atoms with Gasteiger partial charge in [-0.15, -0.1) is 0 Å². The lowest BCUT2D eigenvalue weighted by atomic mass is 9.89. The normalized spacial score (nSPS) is 27.1. The smallest absolute Gasteiger partial charge is 0.150 e. The molecule has 0 aliphatic carbocycles. The summed E-state index contributed by atoms with van der Waals surface area (Å²) in [4.78, 5) is 0. The lowest BCUT2D eigenvalue weighted by Crippen LogP contribution is -2.23. The summed E-state index contributed by atoms with van der Waals surface area (Å²) >= 11 is 0. The van der Waals surface area contributed by atoms with E-state index in [1.807, 2.05) is 0 Å². The molecule has 1 aliphatic heterocycles. The van der Waals surface area contributed by atoms with Crippen LogP contribution in [0, 0.1) is 11.8 Å². The fraction of sp³-hybridized carbons (Fsp3) is 1.00. The van der Waals surface area contributed by atoms with Gasteiger partial charge in [0, 0.05) is 0 Å². The molecule has 1 fully saturated rings. The molecule has 1 heterocycles. The standard InChI is InChI=1S/C11H22O3S/c1-3-10(4-2)11(12)7-9-5-6-15(13,14)8-9/h9-12H,3-8H2,1-2H3. The van der Waals surface area contributed by atoms with Gasteiger partial charge in [-0.25, -0.2) is 8.42 Å². The highest BCUT2D eigenvalue weighted by Crippen LogP contribution is 2.26. The number of sulfone groups is 1. The van der Waals surface area contributed by atoms with E-state index < -0.39 is 9.84 Å². The van der Waals surface area contributed by atoms with Crippen LogP contribution in [0.2, 0.25) is 0 Å². The van der Waals surface area contributed by atoms with Crippen LogP contribution in [-0.2, 0) is 9.84 Å². The molecule has 3 nitrogen and oxygen atoms in total. The van der Waals surface area contributed by atoms with E-state index in [1.165, 1.54) is 0 Å². The topological polar surface area (TPSA) is 54.4 Å². The van der Waals surface area contributed by atoms with Gasteiger partial charge in [-0.3, -0.25) is 0 Å². The van der Waals surface area contributed by atoms with Crippen molar-refractivity contribution < 1.29 is 13.5 Å². The number of rotatable bonds is 5. The fourth-order valence-electron chi connectivity index (χ4n) is 2.42. The number of aliphatic hydroxyl groups excluding tert-OH is 1. The Kier molecular flexibility index (Phi) is 4.59. The molecule has 1 N–H and O–H groups in total. The Hall–Kier alpha value is -0.0900. The summed E-state index contributed by atoms with van der Waals surface area (Å²) in [6, 6.07) is 0. The summed E-state index contributed by atoms with van der Waals surface area (Å²) in [5, 5.41) is 9.94. The molecule has 90 valence electrons. The first-order chi connectivity index (χ1) is 6.98. The molecule has 2 atom stereocenters. The van der Waals surface area contributed by atoms with Gasteiger partial charge in [0.25, 0.3) is 0 Å². The van der Waals surface area contributed by atoms with Crippen LogP contribution in [0.1, 0.15) is 39.5 Å². The molecule has 0 aromatic rings. The maximum atomic E-state index is 11.2. The molecule has 15 heavy (non-hydrogen) atoms. The van der Waals surface area contributed by atoms with Crippen molar-refractivity contribution in [3.05, 3.63) is 0 Å². The Morgan fingerprint density at radius 1 is 1.33 bits per heavy atom. The predicted octanol–water partition coefficient (Wildman–Crippen LogP) is 1.61. The Morgan fingerprint density at radius 3 is 2.33 bits per heavy atom. The second-order valence-electron chi connectivity index (χ2n) is 4.65. The zero-order valence-corrected chi connectivity index (χ0v) is 10.5. The van der Waals surface area contributed by atoms with Gasteiger partial charge in [-0.1, -0.05) is 26.7 Å². The second kappa shape index (κ2) is 5.30. The van der Waals surface area contributed by atoms with Gasteiger partial charge < -0.3 is 5.11 Å². The van der Waals surface area contributed by atoms with Crippen LogP contribution in [0.25, 0.3) is 0 Å². The first-order valence-corrected chi connectivity index (χ1v) is 7.69. The van der Waals surface area contributed by atoms with Gasteiger partial charge in [-0.05, 0) is 24.7 Å². The Bertz CT molecular complexity index is 280. The quantitative estimate of drug-likeness (QED) is 0.786. The van der Waals surface area contributed by atoms with E-state index in [2.05, 4.69) is 13.8 Å². The zero-order valence-electron chi connectivity index (χ0n) is 9.65. The second-order valence-corrected chi connectivity index (χ2v) is 6.88. The lowest BCUT2D eigenvalue weighted by molar-refractivity contribution is 0.0807. The molecule has 0 aromatic carbocycles. The van der Waals surface area contributed by atoms with Crippen molar-refractivity contribution in [1.29, 1.82) is 0 Å². The van der Waals surface area contributed by atoms with Crippen LogP contribution in [-0.4, -0.2) is 31.1 Å². The molecule has 1 saturated heterocycles. The molecule has 4 heteroatoms. The molecule has 0 aromatic heterocycles. The Balaban J connectivity index is 2.42. The summed E-state index contributed by atoms with van der Waals surface area (Å²) in [5.74, 6) is 1.11.